The smallest absolute Gasteiger partial charge is 0.304 e. The average Bonchev–Trinajstić information content (AvgIpc) is 2.88. The quantitative estimate of drug-likeness (QED) is 0.928. The number of carboxylic acid groups (broad SMARTS) is 1. The highest BCUT2D eigenvalue weighted by Crippen LogP contribution is 2.32. The molecular formula is C14H13ClN4O2S. The summed E-state index contributed by atoms with van der Waals surface area (Å²) in [5.41, 5.74) is 1.55. The van der Waals surface area contributed by atoms with Crippen LogP contribution in [0.25, 0.3) is 0 Å². The van der Waals surface area contributed by atoms with Crippen molar-refractivity contribution in [1.29, 1.82) is 0 Å². The topological polar surface area (TPSA) is 80.4 Å². The van der Waals surface area contributed by atoms with Crippen molar-refractivity contribution in [3.8, 4) is 0 Å². The molecule has 1 aliphatic heterocycles. The second-order valence-electron chi connectivity index (χ2n) is 4.76. The van der Waals surface area contributed by atoms with E-state index >= 15 is 0 Å². The largest absolute Gasteiger partial charge is 0.481 e. The van der Waals surface area contributed by atoms with E-state index in [2.05, 4.69) is 15.3 Å². The molecule has 0 amide bonds. The molecule has 1 atom stereocenters. The van der Waals surface area contributed by atoms with E-state index in [0.717, 1.165) is 11.4 Å². The Morgan fingerprint density at radius 2 is 2.09 bits per heavy atom. The number of benzene rings is 1. The van der Waals surface area contributed by atoms with Gasteiger partial charge in [-0.15, -0.1) is 10.2 Å². The van der Waals surface area contributed by atoms with E-state index < -0.39 is 5.97 Å². The molecule has 1 aromatic heterocycles. The number of fused-ring (bicyclic) bond motifs is 1. The third-order valence-electron chi connectivity index (χ3n) is 3.25. The molecule has 1 aromatic carbocycles. The van der Waals surface area contributed by atoms with Crippen LogP contribution in [-0.2, 0) is 11.2 Å². The summed E-state index contributed by atoms with van der Waals surface area (Å²) in [5.74, 6) is -0.120. The second kappa shape index (κ2) is 6.10. The van der Waals surface area contributed by atoms with Crippen LogP contribution in [-0.4, -0.2) is 36.9 Å². The van der Waals surface area contributed by atoms with Crippen LogP contribution in [0.2, 0.25) is 5.02 Å². The van der Waals surface area contributed by atoms with Gasteiger partial charge in [0.25, 0.3) is 0 Å². The van der Waals surface area contributed by atoms with Crippen molar-refractivity contribution in [3.05, 3.63) is 40.7 Å². The Balaban J connectivity index is 2.07. The van der Waals surface area contributed by atoms with Crippen LogP contribution in [0.15, 0.2) is 34.5 Å². The minimum absolute atomic E-state index is 0.0273. The molecule has 8 heteroatoms. The lowest BCUT2D eigenvalue weighted by molar-refractivity contribution is -0.136. The molecule has 0 bridgehead atoms. The highest BCUT2D eigenvalue weighted by atomic mass is 35.5. The van der Waals surface area contributed by atoms with Gasteiger partial charge in [-0.1, -0.05) is 42.4 Å². The van der Waals surface area contributed by atoms with Gasteiger partial charge >= 0.3 is 5.97 Å². The van der Waals surface area contributed by atoms with Crippen LogP contribution in [0.5, 0.6) is 0 Å². The highest BCUT2D eigenvalue weighted by Gasteiger charge is 2.30. The number of aromatic nitrogens is 3. The van der Waals surface area contributed by atoms with E-state index in [1.54, 1.807) is 16.8 Å². The minimum Gasteiger partial charge on any atom is -0.481 e. The number of thioether (sulfide) groups is 1. The zero-order chi connectivity index (χ0) is 15.7. The summed E-state index contributed by atoms with van der Waals surface area (Å²) in [6.07, 6.45) is 0.676. The Bertz CT molecular complexity index is 742. The molecule has 2 heterocycles. The van der Waals surface area contributed by atoms with Gasteiger partial charge in [-0.2, -0.15) is 9.78 Å². The van der Waals surface area contributed by atoms with Gasteiger partial charge < -0.3 is 5.11 Å². The van der Waals surface area contributed by atoms with Gasteiger partial charge in [-0.05, 0) is 17.7 Å². The maximum Gasteiger partial charge on any atom is 0.304 e. The van der Waals surface area contributed by atoms with Gasteiger partial charge in [0.05, 0.1) is 17.4 Å². The van der Waals surface area contributed by atoms with Crippen molar-refractivity contribution in [3.63, 3.8) is 0 Å². The molecule has 1 N–H and O–H groups in total. The number of hydrogen-bond donors (Lipinski definition) is 1. The zero-order valence-corrected chi connectivity index (χ0v) is 13.3. The number of aliphatic carboxylic acids is 1. The van der Waals surface area contributed by atoms with E-state index in [1.807, 2.05) is 19.1 Å². The first-order valence-corrected chi connectivity index (χ1v) is 8.01. The van der Waals surface area contributed by atoms with Crippen LogP contribution in [0, 0.1) is 0 Å². The summed E-state index contributed by atoms with van der Waals surface area (Å²) in [4.78, 5) is 11.1. The lowest BCUT2D eigenvalue weighted by Crippen LogP contribution is -2.27. The number of carboxylic acids is 1. The van der Waals surface area contributed by atoms with E-state index in [0.29, 0.717) is 22.3 Å². The maximum absolute atomic E-state index is 11.1. The number of halogens is 1. The van der Waals surface area contributed by atoms with Crippen molar-refractivity contribution >= 4 is 35.0 Å². The van der Waals surface area contributed by atoms with E-state index in [9.17, 15) is 4.79 Å². The second-order valence-corrected chi connectivity index (χ2v) is 6.37. The lowest BCUT2D eigenvalue weighted by Gasteiger charge is -2.21. The van der Waals surface area contributed by atoms with Crippen molar-refractivity contribution in [2.24, 2.45) is 5.10 Å². The molecule has 0 saturated heterocycles. The summed E-state index contributed by atoms with van der Waals surface area (Å²) >= 11 is 7.29. The summed E-state index contributed by atoms with van der Waals surface area (Å²) in [6.45, 7) is 1.97. The molecule has 0 fully saturated rings. The first-order valence-electron chi connectivity index (χ1n) is 6.76. The normalized spacial score (nSPS) is 17.0. The molecule has 0 unspecified atom stereocenters. The summed E-state index contributed by atoms with van der Waals surface area (Å²) in [6, 6.07) is 7.23. The predicted molar refractivity (Wildman–Crippen MR) is 84.7 cm³/mol. The predicted octanol–water partition coefficient (Wildman–Crippen LogP) is 2.70. The van der Waals surface area contributed by atoms with E-state index in [4.69, 9.17) is 16.7 Å². The molecule has 0 radical (unpaired) electrons. The number of aryl methyl sites for hydroxylation is 1. The van der Waals surface area contributed by atoms with Crippen LogP contribution >= 0.6 is 23.4 Å². The van der Waals surface area contributed by atoms with Crippen LogP contribution in [0.3, 0.4) is 0 Å². The zero-order valence-electron chi connectivity index (χ0n) is 11.7. The fourth-order valence-electron chi connectivity index (χ4n) is 2.21. The molecule has 0 aliphatic carbocycles. The number of hydrogen-bond acceptors (Lipinski definition) is 5. The number of carbonyl (C=O) groups is 1. The maximum atomic E-state index is 11.1. The average molecular weight is 337 g/mol. The third kappa shape index (κ3) is 2.86. The molecule has 6 nitrogen and oxygen atoms in total. The molecule has 3 rings (SSSR count). The fraction of sp³-hybridized carbons (Fsp3) is 0.286. The van der Waals surface area contributed by atoms with Gasteiger partial charge in [0.1, 0.15) is 0 Å². The Morgan fingerprint density at radius 1 is 1.36 bits per heavy atom. The molecule has 1 aliphatic rings. The molecule has 0 saturated carbocycles. The van der Waals surface area contributed by atoms with E-state index in [1.165, 1.54) is 11.8 Å². The van der Waals surface area contributed by atoms with Crippen molar-refractivity contribution < 1.29 is 9.90 Å². The van der Waals surface area contributed by atoms with Gasteiger partial charge in [0, 0.05) is 11.4 Å². The molecular weight excluding hydrogens is 324 g/mol. The van der Waals surface area contributed by atoms with Gasteiger partial charge in [0.2, 0.25) is 5.16 Å². The lowest BCUT2D eigenvalue weighted by atomic mass is 10.1. The minimum atomic E-state index is -0.872. The highest BCUT2D eigenvalue weighted by molar-refractivity contribution is 8.00. The van der Waals surface area contributed by atoms with Gasteiger partial charge in [-0.25, -0.2) is 0 Å². The molecule has 114 valence electrons. The third-order valence-corrected chi connectivity index (χ3v) is 4.65. The fourth-order valence-corrected chi connectivity index (χ4v) is 3.44. The van der Waals surface area contributed by atoms with Crippen LogP contribution in [0.4, 0.5) is 0 Å². The summed E-state index contributed by atoms with van der Waals surface area (Å²) in [7, 11) is 0. The van der Waals surface area contributed by atoms with Crippen LogP contribution in [0.1, 0.15) is 24.7 Å². The Hall–Kier alpha value is -1.86. The summed E-state index contributed by atoms with van der Waals surface area (Å²) in [5, 5.41) is 22.9. The number of rotatable bonds is 4. The van der Waals surface area contributed by atoms with Gasteiger partial charge in [0.15, 0.2) is 5.82 Å². The van der Waals surface area contributed by atoms with Crippen molar-refractivity contribution in [2.45, 2.75) is 30.2 Å². The molecule has 22 heavy (non-hydrogen) atoms. The Morgan fingerprint density at radius 3 is 2.73 bits per heavy atom. The molecule has 2 aromatic rings. The summed E-state index contributed by atoms with van der Waals surface area (Å²) < 4.78 is 1.69. The molecule has 0 spiro atoms. The standard InChI is InChI=1S/C14H13ClN4O2S/c1-2-11-16-17-14-19(11)18-13(10(22-14)7-12(20)21)8-3-5-9(15)6-4-8/h3-6,10H,2,7H2,1H3,(H,20,21)/t10-/m0/s1. The van der Waals surface area contributed by atoms with Crippen molar-refractivity contribution in [1.82, 2.24) is 14.9 Å². The SMILES string of the molecule is CCc1nnc2n1N=C(c1ccc(Cl)cc1)[C@H](CC(=O)O)S2. The monoisotopic (exact) mass is 336 g/mol. The Kier molecular flexibility index (Phi) is 4.17. The first kappa shape index (κ1) is 15.1. The van der Waals surface area contributed by atoms with Crippen molar-refractivity contribution in [2.75, 3.05) is 0 Å². The van der Waals surface area contributed by atoms with Gasteiger partial charge in [-0.3, -0.25) is 4.79 Å². The Labute approximate surface area is 136 Å². The van der Waals surface area contributed by atoms with Crippen LogP contribution < -0.4 is 0 Å². The van der Waals surface area contributed by atoms with E-state index in [-0.39, 0.29) is 11.7 Å². The first-order chi connectivity index (χ1) is 10.6. The number of nitrogens with zero attached hydrogens (tertiary/aromatic N) is 4.